The number of hydrogen-bond acceptors (Lipinski definition) is 5. The largest absolute Gasteiger partial charge is 0.573 e. The van der Waals surface area contributed by atoms with Gasteiger partial charge in [-0.05, 0) is 23.6 Å². The zero-order chi connectivity index (χ0) is 21.3. The summed E-state index contributed by atoms with van der Waals surface area (Å²) < 4.78 is 46.1. The molecule has 2 aromatic rings. The lowest BCUT2D eigenvalue weighted by Crippen LogP contribution is -2.37. The van der Waals surface area contributed by atoms with Gasteiger partial charge in [0, 0.05) is 6.42 Å². The van der Waals surface area contributed by atoms with Gasteiger partial charge in [-0.3, -0.25) is 4.79 Å². The molecule has 156 valence electrons. The standard InChI is InChI=1S/C20H20F3NO5/c21-20(22,23)29-17-9-5-4-8-15(17)10-11-18(26)24-12-16(25)19(27)28-13-14-6-2-1-3-7-14/h1-9,16,25H,10-13H2,(H,24,26)/t16-/m0/s1. The zero-order valence-electron chi connectivity index (χ0n) is 15.3. The number of para-hydroxylation sites is 1. The molecule has 0 heterocycles. The Balaban J connectivity index is 1.75. The number of halogens is 3. The molecular weight excluding hydrogens is 391 g/mol. The number of carbonyl (C=O) groups is 2. The molecule has 6 nitrogen and oxygen atoms in total. The van der Waals surface area contributed by atoms with Crippen LogP contribution < -0.4 is 10.1 Å². The van der Waals surface area contributed by atoms with Crippen molar-refractivity contribution in [3.8, 4) is 5.75 Å². The fraction of sp³-hybridized carbons (Fsp3) is 0.300. The molecule has 0 bridgehead atoms. The van der Waals surface area contributed by atoms with Crippen molar-refractivity contribution < 1.29 is 37.3 Å². The van der Waals surface area contributed by atoms with E-state index in [2.05, 4.69) is 10.1 Å². The van der Waals surface area contributed by atoms with E-state index in [1.165, 1.54) is 18.2 Å². The molecule has 0 aliphatic heterocycles. The third kappa shape index (κ3) is 8.22. The number of amides is 1. The Bertz CT molecular complexity index is 811. The molecule has 1 amide bonds. The van der Waals surface area contributed by atoms with Gasteiger partial charge >= 0.3 is 12.3 Å². The van der Waals surface area contributed by atoms with Crippen LogP contribution in [-0.4, -0.2) is 36.0 Å². The van der Waals surface area contributed by atoms with Gasteiger partial charge in [0.15, 0.2) is 6.10 Å². The summed E-state index contributed by atoms with van der Waals surface area (Å²) in [5, 5.41) is 12.1. The number of aliphatic hydroxyl groups excluding tert-OH is 1. The first-order valence-electron chi connectivity index (χ1n) is 8.73. The van der Waals surface area contributed by atoms with E-state index in [1.807, 2.05) is 6.07 Å². The Morgan fingerprint density at radius 1 is 1.03 bits per heavy atom. The maximum Gasteiger partial charge on any atom is 0.573 e. The number of nitrogens with one attached hydrogen (secondary N) is 1. The number of rotatable bonds is 9. The summed E-state index contributed by atoms with van der Waals surface area (Å²) in [5.41, 5.74) is 0.958. The van der Waals surface area contributed by atoms with Crippen molar-refractivity contribution in [2.75, 3.05) is 6.54 Å². The van der Waals surface area contributed by atoms with Crippen LogP contribution in [0.15, 0.2) is 54.6 Å². The highest BCUT2D eigenvalue weighted by Crippen LogP contribution is 2.26. The SMILES string of the molecule is O=C(CCc1ccccc1OC(F)(F)F)NC[C@H](O)C(=O)OCc1ccccc1. The van der Waals surface area contributed by atoms with Gasteiger partial charge in [-0.1, -0.05) is 48.5 Å². The summed E-state index contributed by atoms with van der Waals surface area (Å²) in [6.07, 6.45) is -6.54. The average Bonchev–Trinajstić information content (AvgIpc) is 2.69. The highest BCUT2D eigenvalue weighted by molar-refractivity contribution is 5.79. The molecular formula is C20H20F3NO5. The Morgan fingerprint density at radius 3 is 2.38 bits per heavy atom. The maximum atomic E-state index is 12.4. The quantitative estimate of drug-likeness (QED) is 0.620. The molecule has 0 saturated heterocycles. The van der Waals surface area contributed by atoms with E-state index in [9.17, 15) is 27.9 Å². The first kappa shape index (κ1) is 22.2. The predicted molar refractivity (Wildman–Crippen MR) is 96.7 cm³/mol. The molecule has 9 heteroatoms. The van der Waals surface area contributed by atoms with Crippen LogP contribution in [0, 0.1) is 0 Å². The summed E-state index contributed by atoms with van der Waals surface area (Å²) in [6, 6.07) is 14.4. The van der Waals surface area contributed by atoms with Crippen molar-refractivity contribution >= 4 is 11.9 Å². The Labute approximate surface area is 165 Å². The molecule has 2 N–H and O–H groups in total. The van der Waals surface area contributed by atoms with Gasteiger partial charge < -0.3 is 19.9 Å². The summed E-state index contributed by atoms with van der Waals surface area (Å²) in [7, 11) is 0. The number of ether oxygens (including phenoxy) is 2. The maximum absolute atomic E-state index is 12.4. The van der Waals surface area contributed by atoms with Crippen LogP contribution >= 0.6 is 0 Å². The predicted octanol–water partition coefficient (Wildman–Crippen LogP) is 2.74. The van der Waals surface area contributed by atoms with E-state index in [1.54, 1.807) is 24.3 Å². The number of benzene rings is 2. The van der Waals surface area contributed by atoms with E-state index < -0.39 is 24.3 Å². The Morgan fingerprint density at radius 2 is 1.69 bits per heavy atom. The van der Waals surface area contributed by atoms with Gasteiger partial charge in [0.05, 0.1) is 6.54 Å². The van der Waals surface area contributed by atoms with E-state index in [4.69, 9.17) is 4.74 Å². The molecule has 2 aromatic carbocycles. The van der Waals surface area contributed by atoms with E-state index in [-0.39, 0.29) is 37.3 Å². The minimum atomic E-state index is -4.83. The number of carbonyl (C=O) groups excluding carboxylic acids is 2. The number of aryl methyl sites for hydroxylation is 1. The van der Waals surface area contributed by atoms with E-state index >= 15 is 0 Å². The van der Waals surface area contributed by atoms with Gasteiger partial charge in [0.1, 0.15) is 12.4 Å². The minimum absolute atomic E-state index is 0.00731. The monoisotopic (exact) mass is 411 g/mol. The molecule has 29 heavy (non-hydrogen) atoms. The lowest BCUT2D eigenvalue weighted by molar-refractivity contribution is -0.274. The van der Waals surface area contributed by atoms with E-state index in [0.717, 1.165) is 11.6 Å². The van der Waals surface area contributed by atoms with Crippen molar-refractivity contribution in [1.29, 1.82) is 0 Å². The molecule has 0 aliphatic carbocycles. The number of alkyl halides is 3. The van der Waals surface area contributed by atoms with Crippen molar-refractivity contribution in [2.45, 2.75) is 31.9 Å². The van der Waals surface area contributed by atoms with Gasteiger partial charge in [-0.2, -0.15) is 0 Å². The average molecular weight is 411 g/mol. The van der Waals surface area contributed by atoms with Gasteiger partial charge in [-0.25, -0.2) is 4.79 Å². The van der Waals surface area contributed by atoms with Crippen LogP contribution in [0.3, 0.4) is 0 Å². The van der Waals surface area contributed by atoms with Crippen LogP contribution in [-0.2, 0) is 27.4 Å². The molecule has 0 aliphatic rings. The first-order chi connectivity index (χ1) is 13.7. The molecule has 0 radical (unpaired) electrons. The van der Waals surface area contributed by atoms with Gasteiger partial charge in [0.2, 0.25) is 5.91 Å². The molecule has 0 spiro atoms. The van der Waals surface area contributed by atoms with Crippen LogP contribution in [0.4, 0.5) is 13.2 Å². The van der Waals surface area contributed by atoms with Crippen molar-refractivity contribution in [3.63, 3.8) is 0 Å². The Hall–Kier alpha value is -3.07. The Kier molecular flexibility index (Phi) is 8.02. The third-order valence-corrected chi connectivity index (χ3v) is 3.81. The van der Waals surface area contributed by atoms with Crippen molar-refractivity contribution in [1.82, 2.24) is 5.32 Å². The smallest absolute Gasteiger partial charge is 0.459 e. The lowest BCUT2D eigenvalue weighted by Gasteiger charge is -2.14. The second-order valence-electron chi connectivity index (χ2n) is 6.07. The molecule has 0 saturated carbocycles. The molecule has 1 atom stereocenters. The number of aliphatic hydroxyl groups is 1. The van der Waals surface area contributed by atoms with E-state index in [0.29, 0.717) is 0 Å². The van der Waals surface area contributed by atoms with Crippen LogP contribution in [0.5, 0.6) is 5.75 Å². The second-order valence-corrected chi connectivity index (χ2v) is 6.07. The van der Waals surface area contributed by atoms with Crippen LogP contribution in [0.2, 0.25) is 0 Å². The van der Waals surface area contributed by atoms with Crippen molar-refractivity contribution in [2.24, 2.45) is 0 Å². The molecule has 2 rings (SSSR count). The lowest BCUT2D eigenvalue weighted by atomic mass is 10.1. The number of esters is 1. The van der Waals surface area contributed by atoms with Crippen LogP contribution in [0.25, 0.3) is 0 Å². The highest BCUT2D eigenvalue weighted by atomic mass is 19.4. The van der Waals surface area contributed by atoms with Crippen LogP contribution in [0.1, 0.15) is 17.5 Å². The van der Waals surface area contributed by atoms with Gasteiger partial charge in [-0.15, -0.1) is 13.2 Å². The summed E-state index contributed by atoms with van der Waals surface area (Å²) >= 11 is 0. The minimum Gasteiger partial charge on any atom is -0.459 e. The topological polar surface area (TPSA) is 84.9 Å². The van der Waals surface area contributed by atoms with Gasteiger partial charge in [0.25, 0.3) is 0 Å². The molecule has 0 unspecified atom stereocenters. The fourth-order valence-electron chi connectivity index (χ4n) is 2.39. The summed E-state index contributed by atoms with van der Waals surface area (Å²) in [5.74, 6) is -1.81. The molecule has 0 aromatic heterocycles. The molecule has 0 fully saturated rings. The summed E-state index contributed by atoms with van der Waals surface area (Å²) in [4.78, 5) is 23.6. The zero-order valence-corrected chi connectivity index (χ0v) is 15.3. The third-order valence-electron chi connectivity index (χ3n) is 3.81. The van der Waals surface area contributed by atoms with Crippen molar-refractivity contribution in [3.05, 3.63) is 65.7 Å². The highest BCUT2D eigenvalue weighted by Gasteiger charge is 2.32. The normalized spacial score (nSPS) is 12.1. The second kappa shape index (κ2) is 10.5. The summed E-state index contributed by atoms with van der Waals surface area (Å²) in [6.45, 7) is -0.381. The number of hydrogen-bond donors (Lipinski definition) is 2. The fourth-order valence-corrected chi connectivity index (χ4v) is 2.39. The first-order valence-corrected chi connectivity index (χ1v) is 8.73.